The van der Waals surface area contributed by atoms with Gasteiger partial charge in [0.1, 0.15) is 18.4 Å². The summed E-state index contributed by atoms with van der Waals surface area (Å²) in [6.07, 6.45) is 2.86. The molecule has 1 amide bonds. The molecule has 0 saturated heterocycles. The van der Waals surface area contributed by atoms with Crippen molar-refractivity contribution in [3.63, 3.8) is 0 Å². The van der Waals surface area contributed by atoms with Gasteiger partial charge >= 0.3 is 5.97 Å². The normalized spacial score (nSPS) is 14.6. The van der Waals surface area contributed by atoms with Crippen molar-refractivity contribution >= 4 is 46.1 Å². The van der Waals surface area contributed by atoms with Crippen LogP contribution in [0.25, 0.3) is 22.0 Å². The van der Waals surface area contributed by atoms with Gasteiger partial charge in [-0.25, -0.2) is 4.79 Å². The van der Waals surface area contributed by atoms with Crippen LogP contribution >= 0.6 is 23.4 Å². The maximum Gasteiger partial charge on any atom is 0.328 e. The number of halogens is 1. The molecular weight excluding hydrogens is 618 g/mol. The average Bonchev–Trinajstić information content (AvgIpc) is 3.36. The van der Waals surface area contributed by atoms with Gasteiger partial charge in [0.05, 0.1) is 24.7 Å². The molecule has 0 radical (unpaired) electrons. The SMILES string of the molecule is COC(=O)C(C)N(C)C(=O)Cc1c2c3c(c(OCc4ccc(-c5ccccc5)cn4)ccc3n1Cc1ccc(Cl)cc1)CC(C)S2. The number of pyridine rings is 1. The van der Waals surface area contributed by atoms with Crippen molar-refractivity contribution in [2.45, 2.75) is 56.0 Å². The molecule has 0 N–H and O–H groups in total. The summed E-state index contributed by atoms with van der Waals surface area (Å²) in [5.41, 5.74) is 7.21. The topological polar surface area (TPSA) is 73.7 Å². The highest BCUT2D eigenvalue weighted by Gasteiger charge is 2.31. The number of hydrogen-bond acceptors (Lipinski definition) is 6. The summed E-state index contributed by atoms with van der Waals surface area (Å²) in [5.74, 6) is 0.221. The zero-order valence-corrected chi connectivity index (χ0v) is 27.9. The van der Waals surface area contributed by atoms with Gasteiger partial charge in [0.15, 0.2) is 0 Å². The monoisotopic (exact) mass is 653 g/mol. The third kappa shape index (κ3) is 6.50. The third-order valence-electron chi connectivity index (χ3n) is 8.56. The number of carbonyl (C=O) groups is 2. The molecule has 0 spiro atoms. The second-order valence-corrected chi connectivity index (χ2v) is 13.5. The molecular formula is C37H36ClN3O4S. The Balaban J connectivity index is 1.36. The number of amides is 1. The molecule has 1 aliphatic rings. The Morgan fingerprint density at radius 2 is 1.80 bits per heavy atom. The van der Waals surface area contributed by atoms with E-state index in [1.54, 1.807) is 25.7 Å². The van der Waals surface area contributed by atoms with E-state index < -0.39 is 12.0 Å². The predicted octanol–water partition coefficient (Wildman–Crippen LogP) is 7.58. The summed E-state index contributed by atoms with van der Waals surface area (Å²) in [5, 5.41) is 2.07. The number of carbonyl (C=O) groups excluding carboxylic acids is 2. The second-order valence-electron chi connectivity index (χ2n) is 11.6. The van der Waals surface area contributed by atoms with Crippen LogP contribution in [0.3, 0.4) is 0 Å². The van der Waals surface area contributed by atoms with Crippen LogP contribution in [-0.4, -0.2) is 51.8 Å². The molecule has 9 heteroatoms. The van der Waals surface area contributed by atoms with Crippen molar-refractivity contribution in [2.75, 3.05) is 14.2 Å². The van der Waals surface area contributed by atoms with Crippen LogP contribution in [0, 0.1) is 0 Å². The number of hydrogen-bond donors (Lipinski definition) is 0. The third-order valence-corrected chi connectivity index (χ3v) is 10.1. The van der Waals surface area contributed by atoms with Crippen LogP contribution in [-0.2, 0) is 40.3 Å². The first-order valence-corrected chi connectivity index (χ1v) is 16.5. The molecule has 6 rings (SSSR count). The zero-order chi connectivity index (χ0) is 32.4. The lowest BCUT2D eigenvalue weighted by atomic mass is 10.0. The molecule has 7 nitrogen and oxygen atoms in total. The van der Waals surface area contributed by atoms with Gasteiger partial charge in [-0.2, -0.15) is 0 Å². The van der Waals surface area contributed by atoms with Crippen LogP contribution in [0.2, 0.25) is 5.02 Å². The van der Waals surface area contributed by atoms with Crippen molar-refractivity contribution in [1.29, 1.82) is 0 Å². The minimum Gasteiger partial charge on any atom is -0.487 e. The van der Waals surface area contributed by atoms with Crippen LogP contribution < -0.4 is 4.74 Å². The highest BCUT2D eigenvalue weighted by molar-refractivity contribution is 8.00. The van der Waals surface area contributed by atoms with Crippen LogP contribution in [0.4, 0.5) is 0 Å². The van der Waals surface area contributed by atoms with Crippen molar-refractivity contribution in [3.05, 3.63) is 113 Å². The van der Waals surface area contributed by atoms with Gasteiger partial charge in [0, 0.05) is 57.2 Å². The minimum atomic E-state index is -0.694. The quantitative estimate of drug-likeness (QED) is 0.145. The van der Waals surface area contributed by atoms with Crippen LogP contribution in [0.15, 0.2) is 90.0 Å². The highest BCUT2D eigenvalue weighted by atomic mass is 35.5. The summed E-state index contributed by atoms with van der Waals surface area (Å²) in [6.45, 7) is 4.80. The number of methoxy groups -OCH3 is 1. The van der Waals surface area contributed by atoms with E-state index in [1.165, 1.54) is 12.0 Å². The molecule has 0 saturated carbocycles. The fourth-order valence-electron chi connectivity index (χ4n) is 5.91. The number of benzene rings is 3. The Bertz CT molecular complexity index is 1870. The first-order chi connectivity index (χ1) is 22.2. The summed E-state index contributed by atoms with van der Waals surface area (Å²) in [7, 11) is 2.98. The number of ether oxygens (including phenoxy) is 2. The van der Waals surface area contributed by atoms with Crippen molar-refractivity contribution in [3.8, 4) is 16.9 Å². The maximum atomic E-state index is 13.6. The van der Waals surface area contributed by atoms with Crippen molar-refractivity contribution in [1.82, 2.24) is 14.5 Å². The molecule has 236 valence electrons. The van der Waals surface area contributed by atoms with Gasteiger partial charge in [-0.05, 0) is 54.8 Å². The molecule has 0 aliphatic carbocycles. The molecule has 3 aromatic carbocycles. The van der Waals surface area contributed by atoms with Gasteiger partial charge in [-0.1, -0.05) is 67.1 Å². The summed E-state index contributed by atoms with van der Waals surface area (Å²) < 4.78 is 13.6. The number of rotatable bonds is 10. The van der Waals surface area contributed by atoms with Crippen LogP contribution in [0.1, 0.15) is 36.4 Å². The molecule has 0 bridgehead atoms. The predicted molar refractivity (Wildman–Crippen MR) is 183 cm³/mol. The average molecular weight is 654 g/mol. The van der Waals surface area contributed by atoms with E-state index in [9.17, 15) is 9.59 Å². The first-order valence-electron chi connectivity index (χ1n) is 15.3. The van der Waals surface area contributed by atoms with Gasteiger partial charge in [-0.15, -0.1) is 11.8 Å². The van der Waals surface area contributed by atoms with Gasteiger partial charge in [-0.3, -0.25) is 9.78 Å². The van der Waals surface area contributed by atoms with E-state index in [1.807, 2.05) is 60.8 Å². The molecule has 0 fully saturated rings. The molecule has 2 atom stereocenters. The largest absolute Gasteiger partial charge is 0.487 e. The first kappa shape index (κ1) is 31.7. The molecule has 5 aromatic rings. The Hall–Kier alpha value is -4.27. The maximum absolute atomic E-state index is 13.6. The number of aromatic nitrogens is 2. The van der Waals surface area contributed by atoms with Gasteiger partial charge in [0.25, 0.3) is 0 Å². The smallest absolute Gasteiger partial charge is 0.328 e. The van der Waals surface area contributed by atoms with E-state index in [0.29, 0.717) is 18.2 Å². The lowest BCUT2D eigenvalue weighted by Crippen LogP contribution is -2.42. The number of nitrogens with zero attached hydrogens (tertiary/aromatic N) is 3. The van der Waals surface area contributed by atoms with Gasteiger partial charge in [0.2, 0.25) is 5.91 Å². The number of likely N-dealkylation sites (N-methyl/N-ethyl adjacent to an activating group) is 1. The summed E-state index contributed by atoms with van der Waals surface area (Å²) in [4.78, 5) is 33.1. The van der Waals surface area contributed by atoms with E-state index >= 15 is 0 Å². The number of thioether (sulfide) groups is 1. The molecule has 3 heterocycles. The van der Waals surface area contributed by atoms with E-state index in [2.05, 4.69) is 40.7 Å². The number of esters is 1. The van der Waals surface area contributed by atoms with Crippen molar-refractivity contribution in [2.24, 2.45) is 0 Å². The lowest BCUT2D eigenvalue weighted by Gasteiger charge is -2.24. The Morgan fingerprint density at radius 1 is 1.04 bits per heavy atom. The Labute approximate surface area is 278 Å². The molecule has 2 aromatic heterocycles. The van der Waals surface area contributed by atoms with E-state index in [-0.39, 0.29) is 17.6 Å². The standard InChI is InChI=1S/C37H36ClN3O4S/c1-23-18-30-33(45-22-29-15-12-27(20-39-29)26-8-6-5-7-9-26)17-16-31-35(30)36(46-23)32(19-34(42)40(3)24(2)37(43)44-4)41(31)21-25-10-13-28(38)14-11-25/h5-17,20,23-24H,18-19,21-22H2,1-4H3. The Morgan fingerprint density at radius 3 is 2.50 bits per heavy atom. The molecule has 46 heavy (non-hydrogen) atoms. The molecule has 2 unspecified atom stereocenters. The minimum absolute atomic E-state index is 0.141. The molecule has 1 aliphatic heterocycles. The highest BCUT2D eigenvalue weighted by Crippen LogP contribution is 2.47. The zero-order valence-electron chi connectivity index (χ0n) is 26.3. The van der Waals surface area contributed by atoms with Gasteiger partial charge < -0.3 is 18.9 Å². The van der Waals surface area contributed by atoms with E-state index in [4.69, 9.17) is 21.1 Å². The van der Waals surface area contributed by atoms with Crippen LogP contribution in [0.5, 0.6) is 5.75 Å². The summed E-state index contributed by atoms with van der Waals surface area (Å²) in [6, 6.07) is 25.5. The van der Waals surface area contributed by atoms with E-state index in [0.717, 1.165) is 61.6 Å². The Kier molecular flexibility index (Phi) is 9.38. The summed E-state index contributed by atoms with van der Waals surface area (Å²) >= 11 is 7.98. The fourth-order valence-corrected chi connectivity index (χ4v) is 7.35. The lowest BCUT2D eigenvalue weighted by molar-refractivity contribution is -0.150. The second kappa shape index (κ2) is 13.6. The fraction of sp³-hybridized carbons (Fsp3) is 0.270. The van der Waals surface area contributed by atoms with Crippen molar-refractivity contribution < 1.29 is 19.1 Å².